The molecule has 2 rings (SSSR count). The van der Waals surface area contributed by atoms with Gasteiger partial charge >= 0.3 is 0 Å². The number of ether oxygens (including phenoxy) is 1. The molecule has 2 nitrogen and oxygen atoms in total. The molecule has 1 aliphatic rings. The SMILES string of the molecule is Cc1cccc2c1OCCC(N)C2. The van der Waals surface area contributed by atoms with Gasteiger partial charge in [-0.25, -0.2) is 0 Å². The second-order valence-electron chi connectivity index (χ2n) is 3.66. The molecule has 70 valence electrons. The first-order chi connectivity index (χ1) is 6.27. The van der Waals surface area contributed by atoms with Crippen LogP contribution in [0, 0.1) is 6.92 Å². The third-order valence-electron chi connectivity index (χ3n) is 2.51. The van der Waals surface area contributed by atoms with Crippen molar-refractivity contribution in [3.8, 4) is 5.75 Å². The van der Waals surface area contributed by atoms with Gasteiger partial charge in [-0.15, -0.1) is 0 Å². The van der Waals surface area contributed by atoms with E-state index in [2.05, 4.69) is 25.1 Å². The first-order valence-corrected chi connectivity index (χ1v) is 4.74. The highest BCUT2D eigenvalue weighted by molar-refractivity contribution is 5.41. The maximum atomic E-state index is 5.92. The molecule has 1 heterocycles. The highest BCUT2D eigenvalue weighted by atomic mass is 16.5. The smallest absolute Gasteiger partial charge is 0.125 e. The third kappa shape index (κ3) is 1.68. The highest BCUT2D eigenvalue weighted by Gasteiger charge is 2.15. The third-order valence-corrected chi connectivity index (χ3v) is 2.51. The normalized spacial score (nSPS) is 21.5. The lowest BCUT2D eigenvalue weighted by Gasteiger charge is -2.09. The Morgan fingerprint density at radius 3 is 3.15 bits per heavy atom. The molecule has 1 unspecified atom stereocenters. The molecule has 2 heteroatoms. The van der Waals surface area contributed by atoms with Crippen LogP contribution >= 0.6 is 0 Å². The van der Waals surface area contributed by atoms with Gasteiger partial charge in [0.15, 0.2) is 0 Å². The number of benzene rings is 1. The van der Waals surface area contributed by atoms with E-state index in [0.717, 1.165) is 25.2 Å². The minimum Gasteiger partial charge on any atom is -0.493 e. The fourth-order valence-electron chi connectivity index (χ4n) is 1.78. The molecule has 0 fully saturated rings. The van der Waals surface area contributed by atoms with Crippen LogP contribution in [0.1, 0.15) is 17.5 Å². The summed E-state index contributed by atoms with van der Waals surface area (Å²) < 4.78 is 5.67. The molecule has 2 N–H and O–H groups in total. The molecule has 0 bridgehead atoms. The Morgan fingerprint density at radius 2 is 2.31 bits per heavy atom. The van der Waals surface area contributed by atoms with Crippen LogP contribution in [0.3, 0.4) is 0 Å². The van der Waals surface area contributed by atoms with Crippen LogP contribution < -0.4 is 10.5 Å². The Hall–Kier alpha value is -1.02. The summed E-state index contributed by atoms with van der Waals surface area (Å²) in [5, 5.41) is 0. The number of aryl methyl sites for hydroxylation is 1. The van der Waals surface area contributed by atoms with Crippen molar-refractivity contribution >= 4 is 0 Å². The van der Waals surface area contributed by atoms with Crippen LogP contribution in [0.25, 0.3) is 0 Å². The predicted octanol–water partition coefficient (Wildman–Crippen LogP) is 1.65. The van der Waals surface area contributed by atoms with Crippen LogP contribution in [-0.2, 0) is 6.42 Å². The van der Waals surface area contributed by atoms with Crippen LogP contribution in [0.5, 0.6) is 5.75 Å². The van der Waals surface area contributed by atoms with Gasteiger partial charge in [0.25, 0.3) is 0 Å². The molecule has 0 radical (unpaired) electrons. The van der Waals surface area contributed by atoms with E-state index in [1.165, 1.54) is 11.1 Å². The van der Waals surface area contributed by atoms with E-state index in [1.54, 1.807) is 0 Å². The maximum Gasteiger partial charge on any atom is 0.125 e. The van der Waals surface area contributed by atoms with E-state index in [9.17, 15) is 0 Å². The van der Waals surface area contributed by atoms with E-state index in [0.29, 0.717) is 0 Å². The fourth-order valence-corrected chi connectivity index (χ4v) is 1.78. The number of fused-ring (bicyclic) bond motifs is 1. The van der Waals surface area contributed by atoms with Gasteiger partial charge in [0.05, 0.1) is 6.61 Å². The van der Waals surface area contributed by atoms with Gasteiger partial charge in [0.1, 0.15) is 5.75 Å². The molecule has 13 heavy (non-hydrogen) atoms. The van der Waals surface area contributed by atoms with E-state index in [-0.39, 0.29) is 6.04 Å². The number of rotatable bonds is 0. The molecular formula is C11H15NO. The van der Waals surface area contributed by atoms with Crippen molar-refractivity contribution < 1.29 is 4.74 Å². The second-order valence-corrected chi connectivity index (χ2v) is 3.66. The van der Waals surface area contributed by atoms with Crippen molar-refractivity contribution in [1.29, 1.82) is 0 Å². The summed E-state index contributed by atoms with van der Waals surface area (Å²) in [6.45, 7) is 2.83. The zero-order valence-corrected chi connectivity index (χ0v) is 7.92. The molecule has 0 aromatic heterocycles. The number of hydrogen-bond acceptors (Lipinski definition) is 2. The van der Waals surface area contributed by atoms with Crippen LogP contribution in [-0.4, -0.2) is 12.6 Å². The Bertz CT molecular complexity index is 309. The van der Waals surface area contributed by atoms with Crippen molar-refractivity contribution in [1.82, 2.24) is 0 Å². The highest BCUT2D eigenvalue weighted by Crippen LogP contribution is 2.27. The van der Waals surface area contributed by atoms with Gasteiger partial charge in [-0.1, -0.05) is 18.2 Å². The van der Waals surface area contributed by atoms with Gasteiger partial charge in [0.2, 0.25) is 0 Å². The van der Waals surface area contributed by atoms with Crippen molar-refractivity contribution in [2.45, 2.75) is 25.8 Å². The lowest BCUT2D eigenvalue weighted by molar-refractivity contribution is 0.308. The average Bonchev–Trinajstić information content (AvgIpc) is 2.27. The van der Waals surface area contributed by atoms with Gasteiger partial charge in [-0.2, -0.15) is 0 Å². The first-order valence-electron chi connectivity index (χ1n) is 4.74. The minimum absolute atomic E-state index is 0.253. The van der Waals surface area contributed by atoms with Crippen LogP contribution in [0.2, 0.25) is 0 Å². The van der Waals surface area contributed by atoms with Gasteiger partial charge in [-0.3, -0.25) is 0 Å². The molecule has 1 atom stereocenters. The Labute approximate surface area is 78.7 Å². The molecule has 0 spiro atoms. The van der Waals surface area contributed by atoms with E-state index in [1.807, 2.05) is 0 Å². The van der Waals surface area contributed by atoms with Gasteiger partial charge in [0, 0.05) is 6.04 Å². The van der Waals surface area contributed by atoms with Crippen LogP contribution in [0.4, 0.5) is 0 Å². The molecule has 0 saturated heterocycles. The number of para-hydroxylation sites is 1. The zero-order chi connectivity index (χ0) is 9.26. The zero-order valence-electron chi connectivity index (χ0n) is 7.92. The van der Waals surface area contributed by atoms with E-state index >= 15 is 0 Å². The number of hydrogen-bond donors (Lipinski definition) is 1. The summed E-state index contributed by atoms with van der Waals surface area (Å²) in [7, 11) is 0. The lowest BCUT2D eigenvalue weighted by atomic mass is 10.0. The summed E-state index contributed by atoms with van der Waals surface area (Å²) in [4.78, 5) is 0. The quantitative estimate of drug-likeness (QED) is 0.654. The molecule has 1 aliphatic heterocycles. The van der Waals surface area contributed by atoms with Crippen molar-refractivity contribution in [2.75, 3.05) is 6.61 Å². The summed E-state index contributed by atoms with van der Waals surface area (Å²) in [6.07, 6.45) is 1.89. The standard InChI is InChI=1S/C11H15NO/c1-8-3-2-4-9-7-10(12)5-6-13-11(8)9/h2-4,10H,5-7,12H2,1H3. The van der Waals surface area contributed by atoms with E-state index in [4.69, 9.17) is 10.5 Å². The molecule has 1 aromatic rings. The second kappa shape index (κ2) is 3.38. The van der Waals surface area contributed by atoms with E-state index < -0.39 is 0 Å². The largest absolute Gasteiger partial charge is 0.493 e. The molecule has 0 amide bonds. The van der Waals surface area contributed by atoms with Crippen LogP contribution in [0.15, 0.2) is 18.2 Å². The first kappa shape index (κ1) is 8.57. The lowest BCUT2D eigenvalue weighted by Crippen LogP contribution is -2.22. The average molecular weight is 177 g/mol. The van der Waals surface area contributed by atoms with Crippen molar-refractivity contribution in [3.63, 3.8) is 0 Å². The maximum absolute atomic E-state index is 5.92. The molecule has 1 aromatic carbocycles. The van der Waals surface area contributed by atoms with Gasteiger partial charge in [-0.05, 0) is 30.9 Å². The van der Waals surface area contributed by atoms with Gasteiger partial charge < -0.3 is 10.5 Å². The fraction of sp³-hybridized carbons (Fsp3) is 0.455. The predicted molar refractivity (Wildman–Crippen MR) is 53.0 cm³/mol. The Balaban J connectivity index is 2.39. The Kier molecular flexibility index (Phi) is 2.23. The minimum atomic E-state index is 0.253. The molecular weight excluding hydrogens is 162 g/mol. The molecule has 0 aliphatic carbocycles. The summed E-state index contributed by atoms with van der Waals surface area (Å²) in [6, 6.07) is 6.50. The number of nitrogens with two attached hydrogens (primary N) is 1. The Morgan fingerprint density at radius 1 is 1.46 bits per heavy atom. The summed E-state index contributed by atoms with van der Waals surface area (Å²) in [5.74, 6) is 1.05. The topological polar surface area (TPSA) is 35.2 Å². The van der Waals surface area contributed by atoms with Crippen molar-refractivity contribution in [3.05, 3.63) is 29.3 Å². The summed E-state index contributed by atoms with van der Waals surface area (Å²) in [5.41, 5.74) is 8.39. The van der Waals surface area contributed by atoms with Crippen molar-refractivity contribution in [2.24, 2.45) is 5.73 Å². The summed E-state index contributed by atoms with van der Waals surface area (Å²) >= 11 is 0. The monoisotopic (exact) mass is 177 g/mol. The molecule has 0 saturated carbocycles.